The van der Waals surface area contributed by atoms with E-state index in [0.29, 0.717) is 11.3 Å². The molecule has 0 radical (unpaired) electrons. The Balaban J connectivity index is 1.49. The van der Waals surface area contributed by atoms with Gasteiger partial charge in [-0.25, -0.2) is 13.4 Å². The van der Waals surface area contributed by atoms with Crippen LogP contribution in [0.2, 0.25) is 10.0 Å². The number of sulfonamides is 1. The van der Waals surface area contributed by atoms with Crippen LogP contribution in [0.25, 0.3) is 5.65 Å². The fourth-order valence-electron chi connectivity index (χ4n) is 3.30. The Bertz CT molecular complexity index is 1200. The summed E-state index contributed by atoms with van der Waals surface area (Å²) in [6.45, 7) is 2.83. The number of fused-ring (bicyclic) bond motifs is 1. The minimum atomic E-state index is -3.80. The van der Waals surface area contributed by atoms with Crippen molar-refractivity contribution in [2.45, 2.75) is 11.8 Å². The summed E-state index contributed by atoms with van der Waals surface area (Å²) in [5, 5.41) is 0.191. The molecule has 4 rings (SSSR count). The minimum Gasteiger partial charge on any atom is -0.335 e. The van der Waals surface area contributed by atoms with Crippen LogP contribution in [-0.2, 0) is 10.0 Å². The molecule has 0 aliphatic carbocycles. The average Bonchev–Trinajstić information content (AvgIpc) is 3.12. The number of hydrogen-bond donors (Lipinski definition) is 0. The highest BCUT2D eigenvalue weighted by Gasteiger charge is 2.32. The third-order valence-electron chi connectivity index (χ3n) is 4.89. The van der Waals surface area contributed by atoms with Gasteiger partial charge in [0.15, 0.2) is 0 Å². The number of pyridine rings is 1. The van der Waals surface area contributed by atoms with Crippen LogP contribution in [0.1, 0.15) is 16.1 Å². The molecule has 0 unspecified atom stereocenters. The van der Waals surface area contributed by atoms with Crippen LogP contribution in [0, 0.1) is 6.92 Å². The number of rotatable bonds is 3. The summed E-state index contributed by atoms with van der Waals surface area (Å²) in [5.74, 6) is -0.218. The SMILES string of the molecule is Cc1ccn2cc(C(=O)N3CCN(S(=O)(=O)c4cccc(Cl)c4Cl)CC3)nc2c1. The van der Waals surface area contributed by atoms with Crippen LogP contribution >= 0.6 is 23.2 Å². The molecule has 2 aromatic heterocycles. The summed E-state index contributed by atoms with van der Waals surface area (Å²) in [6, 6.07) is 8.35. The number of halogens is 2. The maximum Gasteiger partial charge on any atom is 0.274 e. The van der Waals surface area contributed by atoms with Crippen molar-refractivity contribution in [1.82, 2.24) is 18.6 Å². The normalized spacial score (nSPS) is 15.8. The number of carbonyl (C=O) groups is 1. The standard InChI is InChI=1S/C19H18Cl2N4O3S/c1-13-5-6-24-12-15(22-17(24)11-13)19(26)23-7-9-25(10-8-23)29(27,28)16-4-2-3-14(20)18(16)21/h2-6,11-12H,7-10H2,1H3. The molecule has 1 aromatic carbocycles. The summed E-state index contributed by atoms with van der Waals surface area (Å²) in [5.41, 5.74) is 2.09. The second-order valence-corrected chi connectivity index (χ2v) is 9.54. The number of benzene rings is 1. The van der Waals surface area contributed by atoms with Gasteiger partial charge in [0.2, 0.25) is 10.0 Å². The van der Waals surface area contributed by atoms with Gasteiger partial charge in [0.05, 0.1) is 10.0 Å². The molecule has 3 aromatic rings. The summed E-state index contributed by atoms with van der Waals surface area (Å²) < 4.78 is 29.0. The van der Waals surface area contributed by atoms with Gasteiger partial charge in [-0.1, -0.05) is 29.3 Å². The van der Waals surface area contributed by atoms with Gasteiger partial charge >= 0.3 is 0 Å². The lowest BCUT2D eigenvalue weighted by molar-refractivity contribution is 0.0692. The van der Waals surface area contributed by atoms with E-state index in [-0.39, 0.29) is 47.0 Å². The molecule has 1 aliphatic heterocycles. The first kappa shape index (κ1) is 20.2. The summed E-state index contributed by atoms with van der Waals surface area (Å²) in [4.78, 5) is 18.8. The molecule has 1 saturated heterocycles. The molecule has 1 aliphatic rings. The van der Waals surface area contributed by atoms with Crippen LogP contribution in [0.15, 0.2) is 47.6 Å². The number of piperazine rings is 1. The lowest BCUT2D eigenvalue weighted by atomic mass is 10.3. The highest BCUT2D eigenvalue weighted by molar-refractivity contribution is 7.89. The molecule has 29 heavy (non-hydrogen) atoms. The fourth-order valence-corrected chi connectivity index (χ4v) is 5.46. The van der Waals surface area contributed by atoms with E-state index in [4.69, 9.17) is 23.2 Å². The zero-order valence-electron chi connectivity index (χ0n) is 15.5. The van der Waals surface area contributed by atoms with Gasteiger partial charge < -0.3 is 9.30 Å². The topological polar surface area (TPSA) is 75.0 Å². The molecule has 0 saturated carbocycles. The number of amides is 1. The zero-order chi connectivity index (χ0) is 20.8. The predicted molar refractivity (Wildman–Crippen MR) is 111 cm³/mol. The molecule has 0 atom stereocenters. The molecule has 7 nitrogen and oxygen atoms in total. The van der Waals surface area contributed by atoms with E-state index in [1.54, 1.807) is 21.6 Å². The zero-order valence-corrected chi connectivity index (χ0v) is 17.9. The van der Waals surface area contributed by atoms with E-state index in [0.717, 1.165) is 5.56 Å². The van der Waals surface area contributed by atoms with Crippen molar-refractivity contribution in [2.24, 2.45) is 0 Å². The van der Waals surface area contributed by atoms with Crippen molar-refractivity contribution in [3.8, 4) is 0 Å². The Hall–Kier alpha value is -2.13. The van der Waals surface area contributed by atoms with Gasteiger partial charge in [-0.3, -0.25) is 4.79 Å². The van der Waals surface area contributed by atoms with Gasteiger partial charge in [-0.15, -0.1) is 0 Å². The summed E-state index contributed by atoms with van der Waals surface area (Å²) in [6.07, 6.45) is 3.54. The van der Waals surface area contributed by atoms with E-state index >= 15 is 0 Å². The van der Waals surface area contributed by atoms with Crippen molar-refractivity contribution in [3.05, 3.63) is 64.0 Å². The molecular formula is C19H18Cl2N4O3S. The number of imidazole rings is 1. The Morgan fingerprint density at radius 3 is 2.55 bits per heavy atom. The van der Waals surface area contributed by atoms with Gasteiger partial charge in [-0.05, 0) is 36.8 Å². The third kappa shape index (κ3) is 3.73. The molecule has 0 bridgehead atoms. The quantitative estimate of drug-likeness (QED) is 0.611. The van der Waals surface area contributed by atoms with Crippen molar-refractivity contribution in [2.75, 3.05) is 26.2 Å². The van der Waals surface area contributed by atoms with E-state index in [2.05, 4.69) is 4.98 Å². The second kappa shape index (κ2) is 7.60. The number of nitrogens with zero attached hydrogens (tertiary/aromatic N) is 4. The number of carbonyl (C=O) groups excluding carboxylic acids is 1. The summed E-state index contributed by atoms with van der Waals surface area (Å²) >= 11 is 12.1. The second-order valence-electron chi connectivity index (χ2n) is 6.84. The van der Waals surface area contributed by atoms with Crippen molar-refractivity contribution >= 4 is 44.8 Å². The van der Waals surface area contributed by atoms with Crippen molar-refractivity contribution in [3.63, 3.8) is 0 Å². The highest BCUT2D eigenvalue weighted by Crippen LogP contribution is 2.31. The Labute approximate surface area is 178 Å². The van der Waals surface area contributed by atoms with Crippen LogP contribution in [0.3, 0.4) is 0 Å². The average molecular weight is 453 g/mol. The van der Waals surface area contributed by atoms with Crippen LogP contribution in [-0.4, -0.2) is 59.1 Å². The van der Waals surface area contributed by atoms with E-state index in [9.17, 15) is 13.2 Å². The fraction of sp³-hybridized carbons (Fsp3) is 0.263. The van der Waals surface area contributed by atoms with E-state index in [1.165, 1.54) is 16.4 Å². The monoisotopic (exact) mass is 452 g/mol. The number of aryl methyl sites for hydroxylation is 1. The maximum absolute atomic E-state index is 12.9. The molecule has 1 amide bonds. The highest BCUT2D eigenvalue weighted by atomic mass is 35.5. The Morgan fingerprint density at radius 2 is 1.83 bits per heavy atom. The van der Waals surface area contributed by atoms with E-state index < -0.39 is 10.0 Å². The minimum absolute atomic E-state index is 0.00710. The number of hydrogen-bond acceptors (Lipinski definition) is 4. The molecule has 3 heterocycles. The van der Waals surface area contributed by atoms with Gasteiger partial charge in [0.1, 0.15) is 16.2 Å². The Morgan fingerprint density at radius 1 is 1.10 bits per heavy atom. The molecule has 10 heteroatoms. The first-order chi connectivity index (χ1) is 13.8. The van der Waals surface area contributed by atoms with Crippen LogP contribution in [0.5, 0.6) is 0 Å². The van der Waals surface area contributed by atoms with Crippen molar-refractivity contribution in [1.29, 1.82) is 0 Å². The molecule has 152 valence electrons. The largest absolute Gasteiger partial charge is 0.335 e. The third-order valence-corrected chi connectivity index (χ3v) is 7.77. The Kier molecular flexibility index (Phi) is 5.29. The lowest BCUT2D eigenvalue weighted by Crippen LogP contribution is -2.50. The first-order valence-corrected chi connectivity index (χ1v) is 11.2. The van der Waals surface area contributed by atoms with Gasteiger partial charge in [0, 0.05) is 38.6 Å². The predicted octanol–water partition coefficient (Wildman–Crippen LogP) is 3.10. The van der Waals surface area contributed by atoms with Crippen LogP contribution < -0.4 is 0 Å². The lowest BCUT2D eigenvalue weighted by Gasteiger charge is -2.33. The molecule has 0 N–H and O–H groups in total. The van der Waals surface area contributed by atoms with Crippen molar-refractivity contribution < 1.29 is 13.2 Å². The van der Waals surface area contributed by atoms with Gasteiger partial charge in [-0.2, -0.15) is 4.31 Å². The van der Waals surface area contributed by atoms with Gasteiger partial charge in [0.25, 0.3) is 5.91 Å². The smallest absolute Gasteiger partial charge is 0.274 e. The summed E-state index contributed by atoms with van der Waals surface area (Å²) in [7, 11) is -3.80. The maximum atomic E-state index is 12.9. The number of aromatic nitrogens is 2. The van der Waals surface area contributed by atoms with E-state index in [1.807, 2.05) is 25.3 Å². The van der Waals surface area contributed by atoms with Crippen LogP contribution in [0.4, 0.5) is 0 Å². The molecular weight excluding hydrogens is 435 g/mol. The molecule has 1 fully saturated rings. The first-order valence-electron chi connectivity index (χ1n) is 8.96. The molecule has 0 spiro atoms.